The lowest BCUT2D eigenvalue weighted by Crippen LogP contribution is -2.20. The summed E-state index contributed by atoms with van der Waals surface area (Å²) in [5.41, 5.74) is 3.23. The third kappa shape index (κ3) is 4.31. The Morgan fingerprint density at radius 2 is 2.00 bits per heavy atom. The van der Waals surface area contributed by atoms with Gasteiger partial charge in [-0.3, -0.25) is 4.90 Å². The third-order valence-corrected chi connectivity index (χ3v) is 4.83. The van der Waals surface area contributed by atoms with Crippen LogP contribution in [-0.4, -0.2) is 23.1 Å². The van der Waals surface area contributed by atoms with Gasteiger partial charge in [-0.1, -0.05) is 41.9 Å². The Hall–Kier alpha value is -1.42. The molecule has 1 heterocycles. The topological polar surface area (TPSA) is 23.5 Å². The molecule has 4 heteroatoms. The quantitative estimate of drug-likeness (QED) is 0.892. The highest BCUT2D eigenvalue weighted by atomic mass is 35.5. The zero-order valence-electron chi connectivity index (χ0n) is 13.0. The number of aliphatic hydroxyl groups is 1. The van der Waals surface area contributed by atoms with E-state index in [0.717, 1.165) is 43.6 Å². The molecule has 0 bridgehead atoms. The van der Waals surface area contributed by atoms with Gasteiger partial charge in [-0.25, -0.2) is 4.39 Å². The van der Waals surface area contributed by atoms with Gasteiger partial charge >= 0.3 is 0 Å². The number of hydrogen-bond donors (Lipinski definition) is 1. The average molecular weight is 334 g/mol. The van der Waals surface area contributed by atoms with Crippen LogP contribution in [0, 0.1) is 11.7 Å². The van der Waals surface area contributed by atoms with Gasteiger partial charge in [0, 0.05) is 18.1 Å². The van der Waals surface area contributed by atoms with E-state index in [-0.39, 0.29) is 12.4 Å². The first kappa shape index (κ1) is 16.4. The van der Waals surface area contributed by atoms with Crippen molar-refractivity contribution in [1.29, 1.82) is 0 Å². The second-order valence-corrected chi connectivity index (χ2v) is 6.71. The zero-order chi connectivity index (χ0) is 16.2. The summed E-state index contributed by atoms with van der Waals surface area (Å²) in [7, 11) is 0. The molecule has 1 atom stereocenters. The Morgan fingerprint density at radius 1 is 1.17 bits per heavy atom. The molecule has 0 saturated carbocycles. The Kier molecular flexibility index (Phi) is 5.31. The zero-order valence-corrected chi connectivity index (χ0v) is 13.8. The van der Waals surface area contributed by atoms with Crippen molar-refractivity contribution in [3.8, 4) is 0 Å². The van der Waals surface area contributed by atoms with Gasteiger partial charge < -0.3 is 5.11 Å². The second-order valence-electron chi connectivity index (χ2n) is 6.31. The van der Waals surface area contributed by atoms with Crippen molar-refractivity contribution in [3.63, 3.8) is 0 Å². The summed E-state index contributed by atoms with van der Waals surface area (Å²) >= 11 is 6.12. The fourth-order valence-corrected chi connectivity index (χ4v) is 3.53. The maximum atomic E-state index is 13.1. The van der Waals surface area contributed by atoms with Crippen LogP contribution in [0.2, 0.25) is 5.02 Å². The fraction of sp³-hybridized carbons (Fsp3) is 0.368. The van der Waals surface area contributed by atoms with E-state index in [1.165, 1.54) is 17.7 Å². The molecule has 2 nitrogen and oxygen atoms in total. The second kappa shape index (κ2) is 7.43. The summed E-state index contributed by atoms with van der Waals surface area (Å²) < 4.78 is 13.1. The molecular formula is C19H21ClFNO. The smallest absolute Gasteiger partial charge is 0.124 e. The predicted molar refractivity (Wildman–Crippen MR) is 90.9 cm³/mol. The minimum absolute atomic E-state index is 0.0910. The molecule has 1 fully saturated rings. The van der Waals surface area contributed by atoms with Gasteiger partial charge in [0.05, 0.1) is 6.61 Å². The Balaban J connectivity index is 1.57. The molecule has 1 saturated heterocycles. The summed E-state index contributed by atoms with van der Waals surface area (Å²) in [6.07, 6.45) is 2.18. The maximum Gasteiger partial charge on any atom is 0.124 e. The van der Waals surface area contributed by atoms with E-state index in [4.69, 9.17) is 11.6 Å². The summed E-state index contributed by atoms with van der Waals surface area (Å²) in [6.45, 7) is 2.93. The van der Waals surface area contributed by atoms with Gasteiger partial charge in [0.15, 0.2) is 0 Å². The van der Waals surface area contributed by atoms with Crippen molar-refractivity contribution >= 4 is 11.6 Å². The highest BCUT2D eigenvalue weighted by molar-refractivity contribution is 6.31. The Labute approximate surface area is 141 Å². The van der Waals surface area contributed by atoms with Crippen LogP contribution in [0.1, 0.15) is 23.1 Å². The minimum Gasteiger partial charge on any atom is -0.392 e. The minimum atomic E-state index is -0.290. The first-order valence-corrected chi connectivity index (χ1v) is 8.37. The standard InChI is InChI=1S/C19H21ClFNO/c20-19-10-18(21)5-4-17(19)12-22-7-6-15(11-22)8-14-2-1-3-16(9-14)13-23/h1-5,9-10,15,23H,6-8,11-13H2/t15-/m0/s1. The highest BCUT2D eigenvalue weighted by Crippen LogP contribution is 2.25. The van der Waals surface area contributed by atoms with E-state index in [0.29, 0.717) is 10.9 Å². The van der Waals surface area contributed by atoms with Crippen LogP contribution in [0.5, 0.6) is 0 Å². The van der Waals surface area contributed by atoms with Crippen molar-refractivity contribution in [2.45, 2.75) is 26.0 Å². The summed E-state index contributed by atoms with van der Waals surface area (Å²) in [4.78, 5) is 2.37. The molecule has 0 amide bonds. The summed E-state index contributed by atoms with van der Waals surface area (Å²) in [5.74, 6) is 0.324. The van der Waals surface area contributed by atoms with Crippen LogP contribution in [-0.2, 0) is 19.6 Å². The normalized spacial score (nSPS) is 18.5. The number of likely N-dealkylation sites (tertiary alicyclic amines) is 1. The monoisotopic (exact) mass is 333 g/mol. The van der Waals surface area contributed by atoms with E-state index in [1.54, 1.807) is 6.07 Å². The predicted octanol–water partition coefficient (Wildman–Crippen LogP) is 4.04. The number of rotatable bonds is 5. The lowest BCUT2D eigenvalue weighted by Gasteiger charge is -2.17. The lowest BCUT2D eigenvalue weighted by molar-refractivity contribution is 0.281. The average Bonchev–Trinajstić information content (AvgIpc) is 2.97. The maximum absolute atomic E-state index is 13.1. The first-order valence-electron chi connectivity index (χ1n) is 7.99. The van der Waals surface area contributed by atoms with E-state index in [9.17, 15) is 9.50 Å². The van der Waals surface area contributed by atoms with Gasteiger partial charge in [0.25, 0.3) is 0 Å². The largest absolute Gasteiger partial charge is 0.392 e. The van der Waals surface area contributed by atoms with Crippen LogP contribution in [0.15, 0.2) is 42.5 Å². The van der Waals surface area contributed by atoms with E-state index >= 15 is 0 Å². The molecule has 0 spiro atoms. The Bertz CT molecular complexity index is 676. The third-order valence-electron chi connectivity index (χ3n) is 4.48. The van der Waals surface area contributed by atoms with Crippen molar-refractivity contribution in [2.24, 2.45) is 5.92 Å². The van der Waals surface area contributed by atoms with Gasteiger partial charge in [0.1, 0.15) is 5.82 Å². The van der Waals surface area contributed by atoms with Crippen LogP contribution in [0.3, 0.4) is 0 Å². The van der Waals surface area contributed by atoms with Crippen LogP contribution >= 0.6 is 11.6 Å². The van der Waals surface area contributed by atoms with Crippen molar-refractivity contribution in [2.75, 3.05) is 13.1 Å². The molecule has 0 aliphatic carbocycles. The lowest BCUT2D eigenvalue weighted by atomic mass is 9.97. The van der Waals surface area contributed by atoms with Crippen LogP contribution in [0.4, 0.5) is 4.39 Å². The molecule has 0 radical (unpaired) electrons. The number of nitrogens with zero attached hydrogens (tertiary/aromatic N) is 1. The molecule has 0 aromatic heterocycles. The molecule has 2 aromatic carbocycles. The van der Waals surface area contributed by atoms with Gasteiger partial charge in [-0.2, -0.15) is 0 Å². The molecule has 1 aliphatic rings. The number of hydrogen-bond acceptors (Lipinski definition) is 2. The molecule has 2 aromatic rings. The summed E-state index contributed by atoms with van der Waals surface area (Å²) in [5, 5.41) is 9.73. The molecule has 1 aliphatic heterocycles. The highest BCUT2D eigenvalue weighted by Gasteiger charge is 2.23. The number of benzene rings is 2. The first-order chi connectivity index (χ1) is 11.1. The molecule has 1 N–H and O–H groups in total. The van der Waals surface area contributed by atoms with Crippen LogP contribution in [0.25, 0.3) is 0 Å². The molecule has 23 heavy (non-hydrogen) atoms. The molecule has 0 unspecified atom stereocenters. The van der Waals surface area contributed by atoms with Crippen LogP contribution < -0.4 is 0 Å². The SMILES string of the molecule is OCc1cccc(C[C@@H]2CCN(Cc3ccc(F)cc3Cl)C2)c1. The van der Waals surface area contributed by atoms with Gasteiger partial charge in [0.2, 0.25) is 0 Å². The van der Waals surface area contributed by atoms with E-state index < -0.39 is 0 Å². The number of halogens is 2. The van der Waals surface area contributed by atoms with Crippen molar-refractivity contribution in [1.82, 2.24) is 4.90 Å². The van der Waals surface area contributed by atoms with E-state index in [2.05, 4.69) is 17.0 Å². The van der Waals surface area contributed by atoms with Gasteiger partial charge in [-0.05, 0) is 54.1 Å². The number of aliphatic hydroxyl groups excluding tert-OH is 1. The van der Waals surface area contributed by atoms with Gasteiger partial charge in [-0.15, -0.1) is 0 Å². The molecule has 3 rings (SSSR count). The van der Waals surface area contributed by atoms with Crippen molar-refractivity contribution < 1.29 is 9.50 Å². The molecule has 122 valence electrons. The van der Waals surface area contributed by atoms with E-state index in [1.807, 2.05) is 12.1 Å². The van der Waals surface area contributed by atoms with Crippen molar-refractivity contribution in [3.05, 3.63) is 70.0 Å². The fourth-order valence-electron chi connectivity index (χ4n) is 3.30. The summed E-state index contributed by atoms with van der Waals surface area (Å²) in [6, 6.07) is 12.8. The Morgan fingerprint density at radius 3 is 2.78 bits per heavy atom. The molecular weight excluding hydrogens is 313 g/mol.